The quantitative estimate of drug-likeness (QED) is 0.528. The highest BCUT2D eigenvalue weighted by Gasteiger charge is 2.14. The van der Waals surface area contributed by atoms with Gasteiger partial charge in [0, 0.05) is 15.6 Å². The third-order valence-corrected chi connectivity index (χ3v) is 4.86. The molecular formula is C17H11FN6O2S. The molecule has 4 rings (SSSR count). The lowest BCUT2D eigenvalue weighted by molar-refractivity contribution is 0.0849. The molecule has 4 aromatic rings. The zero-order chi connectivity index (χ0) is 18.8. The van der Waals surface area contributed by atoms with E-state index in [-0.39, 0.29) is 0 Å². The smallest absolute Gasteiger partial charge is 0.267 e. The number of carbonyl (C=O) groups is 2. The molecule has 0 saturated carbocycles. The van der Waals surface area contributed by atoms with E-state index >= 15 is 0 Å². The van der Waals surface area contributed by atoms with Crippen LogP contribution in [-0.2, 0) is 0 Å². The second-order valence-electron chi connectivity index (χ2n) is 5.47. The third kappa shape index (κ3) is 3.37. The van der Waals surface area contributed by atoms with Crippen LogP contribution in [0.1, 0.15) is 20.0 Å². The molecule has 27 heavy (non-hydrogen) atoms. The van der Waals surface area contributed by atoms with E-state index < -0.39 is 17.6 Å². The molecule has 8 nitrogen and oxygen atoms in total. The number of amides is 2. The molecule has 134 valence electrons. The van der Waals surface area contributed by atoms with Gasteiger partial charge in [-0.2, -0.15) is 0 Å². The summed E-state index contributed by atoms with van der Waals surface area (Å²) in [6.45, 7) is 0. The van der Waals surface area contributed by atoms with Gasteiger partial charge in [-0.25, -0.2) is 9.07 Å². The molecule has 0 spiro atoms. The van der Waals surface area contributed by atoms with Crippen LogP contribution in [0.15, 0.2) is 54.9 Å². The molecular weight excluding hydrogens is 371 g/mol. The van der Waals surface area contributed by atoms with Crippen LogP contribution >= 0.6 is 11.3 Å². The summed E-state index contributed by atoms with van der Waals surface area (Å²) >= 11 is 1.14. The number of carbonyl (C=O) groups excluding carboxylic acids is 2. The number of benzene rings is 2. The summed E-state index contributed by atoms with van der Waals surface area (Å²) < 4.78 is 15.8. The number of hydrogen-bond acceptors (Lipinski definition) is 6. The molecule has 2 aromatic carbocycles. The van der Waals surface area contributed by atoms with E-state index in [1.54, 1.807) is 36.4 Å². The van der Waals surface area contributed by atoms with Gasteiger partial charge in [0.25, 0.3) is 11.8 Å². The molecule has 0 unspecified atom stereocenters. The standard InChI is InChI=1S/C17H11FN6O2S/c18-13-2-1-3-14-12(13)8-15(27-14)17(26)21-20-16(25)10-4-6-11(7-5-10)24-9-19-22-23-24/h1-9H,(H,20,25)(H,21,26). The normalized spacial score (nSPS) is 10.7. The minimum Gasteiger partial charge on any atom is -0.267 e. The molecule has 0 fully saturated rings. The van der Waals surface area contributed by atoms with Gasteiger partial charge in [-0.05, 0) is 52.9 Å². The van der Waals surface area contributed by atoms with Gasteiger partial charge < -0.3 is 0 Å². The Bertz CT molecular complexity index is 1120. The van der Waals surface area contributed by atoms with Crippen LogP contribution in [0.5, 0.6) is 0 Å². The Balaban J connectivity index is 1.42. The van der Waals surface area contributed by atoms with Crippen molar-refractivity contribution in [3.05, 3.63) is 71.1 Å². The summed E-state index contributed by atoms with van der Waals surface area (Å²) in [6, 6.07) is 12.6. The monoisotopic (exact) mass is 382 g/mol. The van der Waals surface area contributed by atoms with Crippen molar-refractivity contribution >= 4 is 33.2 Å². The van der Waals surface area contributed by atoms with Crippen LogP contribution in [0.25, 0.3) is 15.8 Å². The Morgan fingerprint density at radius 3 is 2.52 bits per heavy atom. The van der Waals surface area contributed by atoms with Crippen molar-refractivity contribution in [1.29, 1.82) is 0 Å². The molecule has 0 saturated heterocycles. The van der Waals surface area contributed by atoms with Gasteiger partial charge in [-0.1, -0.05) is 6.07 Å². The van der Waals surface area contributed by atoms with E-state index in [9.17, 15) is 14.0 Å². The van der Waals surface area contributed by atoms with Crippen molar-refractivity contribution in [3.63, 3.8) is 0 Å². The second kappa shape index (κ2) is 6.92. The van der Waals surface area contributed by atoms with Crippen molar-refractivity contribution in [3.8, 4) is 5.69 Å². The first kappa shape index (κ1) is 16.8. The van der Waals surface area contributed by atoms with E-state index in [0.717, 1.165) is 11.3 Å². The van der Waals surface area contributed by atoms with Gasteiger partial charge in [0.05, 0.1) is 10.6 Å². The molecule has 0 radical (unpaired) electrons. The molecule has 2 N–H and O–H groups in total. The molecule has 2 aromatic heterocycles. The molecule has 2 amide bonds. The fourth-order valence-corrected chi connectivity index (χ4v) is 3.40. The van der Waals surface area contributed by atoms with E-state index in [4.69, 9.17) is 0 Å². The predicted octanol–water partition coefficient (Wildman–Crippen LogP) is 2.09. The molecule has 0 aliphatic carbocycles. The largest absolute Gasteiger partial charge is 0.279 e. The summed E-state index contributed by atoms with van der Waals surface area (Å²) in [7, 11) is 0. The minimum atomic E-state index is -0.519. The fourth-order valence-electron chi connectivity index (χ4n) is 2.43. The van der Waals surface area contributed by atoms with Gasteiger partial charge >= 0.3 is 0 Å². The number of aromatic nitrogens is 4. The maximum absolute atomic E-state index is 13.7. The highest BCUT2D eigenvalue weighted by Crippen LogP contribution is 2.27. The first-order valence-electron chi connectivity index (χ1n) is 7.74. The summed E-state index contributed by atoms with van der Waals surface area (Å²) in [6.07, 6.45) is 1.43. The zero-order valence-electron chi connectivity index (χ0n) is 13.6. The molecule has 0 atom stereocenters. The lowest BCUT2D eigenvalue weighted by Crippen LogP contribution is -2.41. The van der Waals surface area contributed by atoms with E-state index in [1.165, 1.54) is 23.1 Å². The van der Waals surface area contributed by atoms with Crippen molar-refractivity contribution in [2.45, 2.75) is 0 Å². The Morgan fingerprint density at radius 1 is 1.04 bits per heavy atom. The number of rotatable bonds is 3. The SMILES string of the molecule is O=C(NNC(=O)c1cc2c(F)cccc2s1)c1ccc(-n2cnnn2)cc1. The first-order valence-corrected chi connectivity index (χ1v) is 8.55. The van der Waals surface area contributed by atoms with Crippen LogP contribution in [0, 0.1) is 5.82 Å². The first-order chi connectivity index (χ1) is 13.1. The number of tetrazole rings is 1. The van der Waals surface area contributed by atoms with Gasteiger partial charge in [-0.3, -0.25) is 20.4 Å². The molecule has 0 aliphatic heterocycles. The fraction of sp³-hybridized carbons (Fsp3) is 0. The van der Waals surface area contributed by atoms with Crippen molar-refractivity contribution in [1.82, 2.24) is 31.1 Å². The summed E-state index contributed by atoms with van der Waals surface area (Å²) in [5.74, 6) is -1.40. The number of hydrazine groups is 1. The van der Waals surface area contributed by atoms with Crippen molar-refractivity contribution in [2.24, 2.45) is 0 Å². The summed E-state index contributed by atoms with van der Waals surface area (Å²) in [5, 5.41) is 11.2. The van der Waals surface area contributed by atoms with Crippen LogP contribution in [-0.4, -0.2) is 32.0 Å². The minimum absolute atomic E-state index is 0.296. The van der Waals surface area contributed by atoms with Gasteiger partial charge in [0.1, 0.15) is 12.1 Å². The Hall–Kier alpha value is -3.66. The van der Waals surface area contributed by atoms with Crippen molar-refractivity contribution < 1.29 is 14.0 Å². The van der Waals surface area contributed by atoms with E-state index in [0.29, 0.717) is 26.2 Å². The Kier molecular flexibility index (Phi) is 4.30. The number of halogens is 1. The maximum Gasteiger partial charge on any atom is 0.279 e. The van der Waals surface area contributed by atoms with Crippen LogP contribution in [0.2, 0.25) is 0 Å². The Morgan fingerprint density at radius 2 is 1.81 bits per heavy atom. The van der Waals surface area contributed by atoms with Gasteiger partial charge in [-0.15, -0.1) is 16.4 Å². The third-order valence-electron chi connectivity index (χ3n) is 3.76. The molecule has 0 bridgehead atoms. The number of nitrogens with zero attached hydrogens (tertiary/aromatic N) is 4. The van der Waals surface area contributed by atoms with Crippen LogP contribution in [0.3, 0.4) is 0 Å². The lowest BCUT2D eigenvalue weighted by atomic mass is 10.2. The van der Waals surface area contributed by atoms with Crippen molar-refractivity contribution in [2.75, 3.05) is 0 Å². The summed E-state index contributed by atoms with van der Waals surface area (Å²) in [4.78, 5) is 24.7. The maximum atomic E-state index is 13.7. The van der Waals surface area contributed by atoms with E-state index in [2.05, 4.69) is 26.4 Å². The summed E-state index contributed by atoms with van der Waals surface area (Å²) in [5.41, 5.74) is 5.70. The number of nitrogens with one attached hydrogen (secondary N) is 2. The second-order valence-corrected chi connectivity index (χ2v) is 6.56. The molecule has 10 heteroatoms. The average molecular weight is 382 g/mol. The highest BCUT2D eigenvalue weighted by atomic mass is 32.1. The van der Waals surface area contributed by atoms with Gasteiger partial charge in [0.15, 0.2) is 0 Å². The highest BCUT2D eigenvalue weighted by molar-refractivity contribution is 7.20. The predicted molar refractivity (Wildman–Crippen MR) is 95.9 cm³/mol. The van der Waals surface area contributed by atoms with Crippen LogP contribution in [0.4, 0.5) is 4.39 Å². The number of fused-ring (bicyclic) bond motifs is 1. The zero-order valence-corrected chi connectivity index (χ0v) is 14.4. The number of hydrogen-bond donors (Lipinski definition) is 2. The van der Waals surface area contributed by atoms with E-state index in [1.807, 2.05) is 0 Å². The average Bonchev–Trinajstić information content (AvgIpc) is 3.36. The van der Waals surface area contributed by atoms with Crippen LogP contribution < -0.4 is 10.9 Å². The lowest BCUT2D eigenvalue weighted by Gasteiger charge is -2.07. The number of thiophene rings is 1. The van der Waals surface area contributed by atoms with Gasteiger partial charge in [0.2, 0.25) is 0 Å². The molecule has 0 aliphatic rings. The molecule has 2 heterocycles. The Labute approximate surface area is 155 Å². The topological polar surface area (TPSA) is 102 Å².